The summed E-state index contributed by atoms with van der Waals surface area (Å²) in [7, 11) is 0. The fourth-order valence-corrected chi connectivity index (χ4v) is 2.18. The number of nitrogens with one attached hydrogen (secondary N) is 1. The van der Waals surface area contributed by atoms with Crippen molar-refractivity contribution in [1.29, 1.82) is 0 Å². The van der Waals surface area contributed by atoms with Gasteiger partial charge in [-0.2, -0.15) is 0 Å². The third-order valence-corrected chi connectivity index (χ3v) is 2.84. The second kappa shape index (κ2) is 3.55. The fraction of sp³-hybridized carbons (Fsp3) is 0.455. The van der Waals surface area contributed by atoms with E-state index in [2.05, 4.69) is 47.2 Å². The van der Waals surface area contributed by atoms with E-state index in [9.17, 15) is 0 Å². The van der Waals surface area contributed by atoms with Crippen LogP contribution in [0, 0.1) is 6.92 Å². The highest BCUT2D eigenvalue weighted by molar-refractivity contribution is 9.10. The summed E-state index contributed by atoms with van der Waals surface area (Å²) in [5.41, 5.74) is 1.19. The zero-order valence-electron chi connectivity index (χ0n) is 8.43. The van der Waals surface area contributed by atoms with Crippen molar-refractivity contribution >= 4 is 15.9 Å². The summed E-state index contributed by atoms with van der Waals surface area (Å²) in [6.07, 6.45) is 0. The molecule has 14 heavy (non-hydrogen) atoms. The molecule has 0 aromatic heterocycles. The van der Waals surface area contributed by atoms with Crippen LogP contribution in [0.1, 0.15) is 12.5 Å². The predicted molar refractivity (Wildman–Crippen MR) is 60.8 cm³/mol. The summed E-state index contributed by atoms with van der Waals surface area (Å²) in [5, 5.41) is 3.21. The smallest absolute Gasteiger partial charge is 0.131 e. The van der Waals surface area contributed by atoms with Gasteiger partial charge in [0.05, 0.1) is 0 Å². The molecule has 0 radical (unpaired) electrons. The maximum Gasteiger partial charge on any atom is 0.131 e. The van der Waals surface area contributed by atoms with Gasteiger partial charge >= 0.3 is 0 Å². The van der Waals surface area contributed by atoms with E-state index in [0.717, 1.165) is 23.3 Å². The van der Waals surface area contributed by atoms with E-state index in [1.165, 1.54) is 5.56 Å². The molecule has 1 fully saturated rings. The lowest BCUT2D eigenvalue weighted by Crippen LogP contribution is -2.61. The summed E-state index contributed by atoms with van der Waals surface area (Å²) in [6.45, 7) is 6.05. The molecule has 76 valence electrons. The first-order valence-corrected chi connectivity index (χ1v) is 5.54. The van der Waals surface area contributed by atoms with Crippen molar-refractivity contribution in [2.24, 2.45) is 0 Å². The van der Waals surface area contributed by atoms with Crippen molar-refractivity contribution in [3.8, 4) is 5.75 Å². The Morgan fingerprint density at radius 2 is 2.07 bits per heavy atom. The van der Waals surface area contributed by atoms with Gasteiger partial charge in [0.2, 0.25) is 0 Å². The van der Waals surface area contributed by atoms with Crippen LogP contribution in [-0.4, -0.2) is 18.7 Å². The molecule has 0 saturated carbocycles. The van der Waals surface area contributed by atoms with Crippen molar-refractivity contribution in [2.45, 2.75) is 19.4 Å². The summed E-state index contributed by atoms with van der Waals surface area (Å²) in [4.78, 5) is 0. The number of ether oxygens (including phenoxy) is 1. The van der Waals surface area contributed by atoms with Crippen LogP contribution in [0.5, 0.6) is 5.75 Å². The molecule has 2 nitrogen and oxygen atoms in total. The largest absolute Gasteiger partial charge is 0.485 e. The maximum atomic E-state index is 5.91. The molecule has 1 aromatic carbocycles. The SMILES string of the molecule is Cc1cc(Br)cc(OC2(C)CNC2)c1. The molecule has 1 aromatic rings. The van der Waals surface area contributed by atoms with Crippen LogP contribution in [-0.2, 0) is 0 Å². The lowest BCUT2D eigenvalue weighted by molar-refractivity contribution is 0.0348. The minimum absolute atomic E-state index is 0.0206. The molecule has 1 heterocycles. The number of hydrogen-bond donors (Lipinski definition) is 1. The minimum atomic E-state index is -0.0206. The second-order valence-corrected chi connectivity index (χ2v) is 5.04. The fourth-order valence-electron chi connectivity index (χ4n) is 1.60. The Balaban J connectivity index is 2.16. The molecular weight excluding hydrogens is 242 g/mol. The van der Waals surface area contributed by atoms with Gasteiger partial charge in [-0.1, -0.05) is 15.9 Å². The maximum absolute atomic E-state index is 5.91. The Morgan fingerprint density at radius 3 is 2.57 bits per heavy atom. The third-order valence-electron chi connectivity index (χ3n) is 2.38. The number of hydrogen-bond acceptors (Lipinski definition) is 2. The lowest BCUT2D eigenvalue weighted by Gasteiger charge is -2.39. The van der Waals surface area contributed by atoms with Gasteiger partial charge < -0.3 is 10.1 Å². The average molecular weight is 256 g/mol. The predicted octanol–water partition coefficient (Wildman–Crippen LogP) is 2.50. The van der Waals surface area contributed by atoms with Crippen molar-refractivity contribution in [1.82, 2.24) is 5.32 Å². The summed E-state index contributed by atoms with van der Waals surface area (Å²) < 4.78 is 6.98. The Morgan fingerprint density at radius 1 is 1.36 bits per heavy atom. The number of aryl methyl sites for hydroxylation is 1. The molecular formula is C11H14BrNO. The van der Waals surface area contributed by atoms with Gasteiger partial charge in [0.1, 0.15) is 11.4 Å². The van der Waals surface area contributed by atoms with Crippen LogP contribution >= 0.6 is 15.9 Å². The molecule has 0 unspecified atom stereocenters. The van der Waals surface area contributed by atoms with Crippen molar-refractivity contribution < 1.29 is 4.74 Å². The molecule has 1 aliphatic rings. The highest BCUT2D eigenvalue weighted by Gasteiger charge is 2.33. The van der Waals surface area contributed by atoms with Gasteiger partial charge in [-0.05, 0) is 37.6 Å². The molecule has 0 atom stereocenters. The minimum Gasteiger partial charge on any atom is -0.485 e. The highest BCUT2D eigenvalue weighted by atomic mass is 79.9. The van der Waals surface area contributed by atoms with E-state index in [1.807, 2.05) is 6.07 Å². The van der Waals surface area contributed by atoms with E-state index in [-0.39, 0.29) is 5.60 Å². The number of rotatable bonds is 2. The van der Waals surface area contributed by atoms with E-state index in [0.29, 0.717) is 0 Å². The Bertz CT molecular complexity index is 327. The van der Waals surface area contributed by atoms with E-state index < -0.39 is 0 Å². The Kier molecular flexibility index (Phi) is 2.54. The number of benzene rings is 1. The Labute approximate surface area is 92.8 Å². The van der Waals surface area contributed by atoms with E-state index in [1.54, 1.807) is 0 Å². The Hall–Kier alpha value is -0.540. The van der Waals surface area contributed by atoms with Crippen molar-refractivity contribution in [3.05, 3.63) is 28.2 Å². The van der Waals surface area contributed by atoms with Crippen LogP contribution in [0.15, 0.2) is 22.7 Å². The van der Waals surface area contributed by atoms with Gasteiger partial charge in [-0.3, -0.25) is 0 Å². The molecule has 3 heteroatoms. The van der Waals surface area contributed by atoms with Crippen molar-refractivity contribution in [3.63, 3.8) is 0 Å². The van der Waals surface area contributed by atoms with Gasteiger partial charge in [0, 0.05) is 17.6 Å². The highest BCUT2D eigenvalue weighted by Crippen LogP contribution is 2.26. The van der Waals surface area contributed by atoms with Gasteiger partial charge in [-0.25, -0.2) is 0 Å². The standard InChI is InChI=1S/C11H14BrNO/c1-8-3-9(12)5-10(4-8)14-11(2)6-13-7-11/h3-5,13H,6-7H2,1-2H3. The molecule has 1 saturated heterocycles. The van der Waals surface area contributed by atoms with E-state index >= 15 is 0 Å². The average Bonchev–Trinajstić information content (AvgIpc) is 1.99. The first kappa shape index (κ1) is 9.99. The third kappa shape index (κ3) is 2.10. The van der Waals surface area contributed by atoms with Crippen molar-refractivity contribution in [2.75, 3.05) is 13.1 Å². The van der Waals surface area contributed by atoms with Crippen LogP contribution in [0.4, 0.5) is 0 Å². The van der Waals surface area contributed by atoms with Crippen LogP contribution in [0.25, 0.3) is 0 Å². The zero-order valence-corrected chi connectivity index (χ0v) is 10.0. The number of halogens is 1. The quantitative estimate of drug-likeness (QED) is 0.877. The molecule has 0 aliphatic carbocycles. The van der Waals surface area contributed by atoms with Gasteiger partial charge in [0.25, 0.3) is 0 Å². The van der Waals surface area contributed by atoms with Crippen LogP contribution in [0.2, 0.25) is 0 Å². The van der Waals surface area contributed by atoms with Gasteiger partial charge in [-0.15, -0.1) is 0 Å². The van der Waals surface area contributed by atoms with Crippen LogP contribution < -0.4 is 10.1 Å². The van der Waals surface area contributed by atoms with Gasteiger partial charge in [0.15, 0.2) is 0 Å². The molecule has 1 aliphatic heterocycles. The van der Waals surface area contributed by atoms with Crippen LogP contribution in [0.3, 0.4) is 0 Å². The lowest BCUT2D eigenvalue weighted by atomic mass is 10.00. The summed E-state index contributed by atoms with van der Waals surface area (Å²) in [5.74, 6) is 0.945. The molecule has 0 spiro atoms. The monoisotopic (exact) mass is 255 g/mol. The molecule has 2 rings (SSSR count). The second-order valence-electron chi connectivity index (χ2n) is 4.12. The molecule has 0 amide bonds. The molecule has 0 bridgehead atoms. The normalized spacial score (nSPS) is 18.8. The first-order chi connectivity index (χ1) is 6.57. The molecule has 1 N–H and O–H groups in total. The summed E-state index contributed by atoms with van der Waals surface area (Å²) in [6, 6.07) is 6.15. The van der Waals surface area contributed by atoms with E-state index in [4.69, 9.17) is 4.74 Å². The zero-order chi connectivity index (χ0) is 10.2. The topological polar surface area (TPSA) is 21.3 Å². The summed E-state index contributed by atoms with van der Waals surface area (Å²) >= 11 is 3.46. The first-order valence-electron chi connectivity index (χ1n) is 4.74.